The Morgan fingerprint density at radius 3 is 2.13 bits per heavy atom. The Kier molecular flexibility index (Phi) is 7.66. The number of aryl methyl sites for hydroxylation is 1. The van der Waals surface area contributed by atoms with E-state index in [2.05, 4.69) is 0 Å². The molecule has 0 amide bonds. The Morgan fingerprint density at radius 1 is 1.00 bits per heavy atom. The van der Waals surface area contributed by atoms with E-state index in [0.717, 1.165) is 5.56 Å². The highest BCUT2D eigenvalue weighted by molar-refractivity contribution is 6.67. The van der Waals surface area contributed by atoms with Gasteiger partial charge in [0.25, 0.3) is 5.24 Å². The molecule has 0 radical (unpaired) electrons. The Balaban J connectivity index is 0.000000238. The normalized spacial score (nSPS) is 9.57. The second kappa shape index (κ2) is 9.23. The van der Waals surface area contributed by atoms with Crippen molar-refractivity contribution in [2.45, 2.75) is 20.3 Å². The van der Waals surface area contributed by atoms with Crippen molar-refractivity contribution >= 4 is 40.0 Å². The fraction of sp³-hybridized carbons (Fsp3) is 0.167. The van der Waals surface area contributed by atoms with Crippen molar-refractivity contribution in [1.82, 2.24) is 0 Å². The minimum Gasteiger partial charge on any atom is -0.300 e. The SMILES string of the molecule is CC(=O)CC(=O)c1ccccc1Cl.Cc1cccc(C(=O)Cl)c1. The minimum atomic E-state index is -0.399. The Bertz CT molecular complexity index is 724. The standard InChI is InChI=1S/C10H9ClO2.C8H7ClO/c1-7(12)6-10(13)8-4-2-3-5-9(8)11;1-6-3-2-4-7(5-6)8(9)10/h2-5H,6H2,1H3;2-5H,1H3. The van der Waals surface area contributed by atoms with Gasteiger partial charge < -0.3 is 0 Å². The van der Waals surface area contributed by atoms with Gasteiger partial charge >= 0.3 is 0 Å². The summed E-state index contributed by atoms with van der Waals surface area (Å²) in [6, 6.07) is 13.9. The zero-order chi connectivity index (χ0) is 17.4. The number of carbonyl (C=O) groups excluding carboxylic acids is 3. The van der Waals surface area contributed by atoms with E-state index in [1.165, 1.54) is 6.92 Å². The third-order valence-electron chi connectivity index (χ3n) is 2.83. The molecule has 0 aliphatic carbocycles. The summed E-state index contributed by atoms with van der Waals surface area (Å²) >= 11 is 11.0. The number of hydrogen-bond donors (Lipinski definition) is 0. The second-order valence-corrected chi connectivity index (χ2v) is 5.68. The molecule has 0 aliphatic rings. The van der Waals surface area contributed by atoms with Gasteiger partial charge in [0, 0.05) is 11.1 Å². The van der Waals surface area contributed by atoms with Gasteiger partial charge in [-0.05, 0) is 43.6 Å². The molecule has 0 heterocycles. The van der Waals surface area contributed by atoms with Crippen LogP contribution in [0.5, 0.6) is 0 Å². The molecule has 0 saturated carbocycles. The van der Waals surface area contributed by atoms with Crippen molar-refractivity contribution in [2.75, 3.05) is 0 Å². The van der Waals surface area contributed by atoms with Crippen molar-refractivity contribution in [2.24, 2.45) is 0 Å². The van der Waals surface area contributed by atoms with Crippen LogP contribution in [0.4, 0.5) is 0 Å². The number of halogens is 2. The maximum Gasteiger partial charge on any atom is 0.252 e. The number of benzene rings is 2. The van der Waals surface area contributed by atoms with Gasteiger partial charge in [0.15, 0.2) is 5.78 Å². The van der Waals surface area contributed by atoms with Crippen LogP contribution in [0.25, 0.3) is 0 Å². The van der Waals surface area contributed by atoms with Crippen molar-refractivity contribution in [1.29, 1.82) is 0 Å². The van der Waals surface area contributed by atoms with E-state index >= 15 is 0 Å². The molecule has 3 nitrogen and oxygen atoms in total. The minimum absolute atomic E-state index is 0.0796. The number of Topliss-reactive ketones (excluding diaryl/α,β-unsaturated/α-hetero) is 2. The highest BCUT2D eigenvalue weighted by Crippen LogP contribution is 2.16. The summed E-state index contributed by atoms with van der Waals surface area (Å²) in [5.74, 6) is -0.372. The Labute approximate surface area is 145 Å². The Morgan fingerprint density at radius 2 is 1.65 bits per heavy atom. The lowest BCUT2D eigenvalue weighted by Gasteiger charge is -1.99. The van der Waals surface area contributed by atoms with Crippen LogP contribution in [0.2, 0.25) is 5.02 Å². The zero-order valence-corrected chi connectivity index (χ0v) is 14.3. The molecule has 0 spiro atoms. The average molecular weight is 351 g/mol. The largest absolute Gasteiger partial charge is 0.300 e. The molecule has 0 fully saturated rings. The van der Waals surface area contributed by atoms with Crippen molar-refractivity contribution < 1.29 is 14.4 Å². The summed E-state index contributed by atoms with van der Waals surface area (Å²) in [6.45, 7) is 3.30. The van der Waals surface area contributed by atoms with E-state index in [1.54, 1.807) is 36.4 Å². The summed E-state index contributed by atoms with van der Waals surface area (Å²) in [5, 5.41) is -0.00236. The highest BCUT2D eigenvalue weighted by Gasteiger charge is 2.10. The molecule has 0 N–H and O–H groups in total. The number of hydrogen-bond acceptors (Lipinski definition) is 3. The molecular weight excluding hydrogens is 335 g/mol. The van der Waals surface area contributed by atoms with Crippen LogP contribution in [0.15, 0.2) is 48.5 Å². The van der Waals surface area contributed by atoms with Gasteiger partial charge in [0.2, 0.25) is 0 Å². The zero-order valence-electron chi connectivity index (χ0n) is 12.8. The maximum atomic E-state index is 11.4. The molecule has 5 heteroatoms. The lowest BCUT2D eigenvalue weighted by Crippen LogP contribution is -2.05. The molecule has 0 aromatic heterocycles. The molecule has 0 atom stereocenters. The van der Waals surface area contributed by atoms with E-state index < -0.39 is 5.24 Å². The maximum absolute atomic E-state index is 11.4. The van der Waals surface area contributed by atoms with Crippen molar-refractivity contribution in [3.8, 4) is 0 Å². The van der Waals surface area contributed by atoms with Crippen LogP contribution in [-0.2, 0) is 4.79 Å². The van der Waals surface area contributed by atoms with Gasteiger partial charge in [-0.25, -0.2) is 0 Å². The molecule has 23 heavy (non-hydrogen) atoms. The topological polar surface area (TPSA) is 51.2 Å². The highest BCUT2D eigenvalue weighted by atomic mass is 35.5. The number of carbonyl (C=O) groups is 3. The predicted octanol–water partition coefficient (Wildman–Crippen LogP) is 4.88. The molecule has 0 saturated heterocycles. The summed E-state index contributed by atoms with van der Waals surface area (Å²) < 4.78 is 0. The molecule has 0 bridgehead atoms. The van der Waals surface area contributed by atoms with Crippen molar-refractivity contribution in [3.63, 3.8) is 0 Å². The van der Waals surface area contributed by atoms with E-state index in [4.69, 9.17) is 23.2 Å². The molecule has 120 valence electrons. The molecule has 0 aliphatic heterocycles. The fourth-order valence-electron chi connectivity index (χ4n) is 1.78. The van der Waals surface area contributed by atoms with E-state index in [0.29, 0.717) is 16.1 Å². The molecule has 0 unspecified atom stereocenters. The lowest BCUT2D eigenvalue weighted by molar-refractivity contribution is -0.116. The third kappa shape index (κ3) is 6.76. The smallest absolute Gasteiger partial charge is 0.252 e. The lowest BCUT2D eigenvalue weighted by atomic mass is 10.1. The first kappa shape index (κ1) is 19.1. The first-order chi connectivity index (χ1) is 10.8. The van der Waals surface area contributed by atoms with Gasteiger partial charge in [0.05, 0.1) is 11.4 Å². The fourth-order valence-corrected chi connectivity index (χ4v) is 2.13. The molecular formula is C18H16Cl2O3. The molecule has 2 rings (SSSR count). The third-order valence-corrected chi connectivity index (χ3v) is 3.38. The summed E-state index contributed by atoms with van der Waals surface area (Å²) in [4.78, 5) is 32.6. The molecule has 2 aromatic carbocycles. The van der Waals surface area contributed by atoms with Gasteiger partial charge in [0.1, 0.15) is 5.78 Å². The van der Waals surface area contributed by atoms with Crippen molar-refractivity contribution in [3.05, 3.63) is 70.2 Å². The number of ketones is 2. The second-order valence-electron chi connectivity index (χ2n) is 4.92. The van der Waals surface area contributed by atoms with Gasteiger partial charge in [-0.3, -0.25) is 14.4 Å². The van der Waals surface area contributed by atoms with Gasteiger partial charge in [-0.1, -0.05) is 47.5 Å². The first-order valence-electron chi connectivity index (χ1n) is 6.85. The monoisotopic (exact) mass is 350 g/mol. The average Bonchev–Trinajstić information content (AvgIpc) is 2.47. The van der Waals surface area contributed by atoms with E-state index in [9.17, 15) is 14.4 Å². The van der Waals surface area contributed by atoms with Crippen LogP contribution in [0.1, 0.15) is 39.6 Å². The quantitative estimate of drug-likeness (QED) is 0.448. The van der Waals surface area contributed by atoms with E-state index in [1.807, 2.05) is 19.1 Å². The van der Waals surface area contributed by atoms with E-state index in [-0.39, 0.29) is 18.0 Å². The van der Waals surface area contributed by atoms with Gasteiger partial charge in [-0.15, -0.1) is 0 Å². The summed E-state index contributed by atoms with van der Waals surface area (Å²) in [7, 11) is 0. The van der Waals surface area contributed by atoms with Crippen LogP contribution in [0, 0.1) is 6.92 Å². The first-order valence-corrected chi connectivity index (χ1v) is 7.60. The van der Waals surface area contributed by atoms with Crippen LogP contribution in [-0.4, -0.2) is 16.8 Å². The van der Waals surface area contributed by atoms with Crippen LogP contribution >= 0.6 is 23.2 Å². The molecule has 2 aromatic rings. The van der Waals surface area contributed by atoms with Gasteiger partial charge in [-0.2, -0.15) is 0 Å². The summed E-state index contributed by atoms with van der Waals surface area (Å²) in [5.41, 5.74) is 2.02. The predicted molar refractivity (Wildman–Crippen MR) is 92.4 cm³/mol. The van der Waals surface area contributed by atoms with Crippen LogP contribution < -0.4 is 0 Å². The Hall–Kier alpha value is -1.97. The number of rotatable bonds is 4. The van der Waals surface area contributed by atoms with Crippen LogP contribution in [0.3, 0.4) is 0 Å². The summed E-state index contributed by atoms with van der Waals surface area (Å²) in [6.07, 6.45) is -0.0796.